The van der Waals surface area contributed by atoms with Crippen LogP contribution in [0.2, 0.25) is 0 Å². The maximum Gasteiger partial charge on any atom is 0.416 e. The molecule has 1 N–H and O–H groups in total. The first-order chi connectivity index (χ1) is 7.30. The second-order valence-corrected chi connectivity index (χ2v) is 3.35. The molecule has 0 aliphatic rings. The smallest absolute Gasteiger partial charge is 0.377 e. The van der Waals surface area contributed by atoms with E-state index in [0.717, 1.165) is 12.1 Å². The van der Waals surface area contributed by atoms with Gasteiger partial charge < -0.3 is 5.32 Å². The summed E-state index contributed by atoms with van der Waals surface area (Å²) in [5, 5.41) is 2.30. The molecule has 0 amide bonds. The fraction of sp³-hybridized carbons (Fsp3) is 0.400. The Kier molecular flexibility index (Phi) is 3.72. The number of rotatable bonds is 3. The molecule has 0 saturated heterocycles. The van der Waals surface area contributed by atoms with Gasteiger partial charge in [-0.05, 0) is 25.1 Å². The van der Waals surface area contributed by atoms with Crippen LogP contribution in [0.3, 0.4) is 0 Å². The first-order valence-electron chi connectivity index (χ1n) is 4.52. The fourth-order valence-electron chi connectivity index (χ4n) is 1.11. The second kappa shape index (κ2) is 4.67. The Hall–Kier alpha value is -1.33. The number of hydrogen-bond donors (Lipinski definition) is 1. The lowest BCUT2D eigenvalue weighted by Crippen LogP contribution is -2.23. The normalized spacial score (nSPS) is 13.9. The van der Waals surface area contributed by atoms with E-state index in [-0.39, 0.29) is 5.69 Å². The Bertz CT molecular complexity index is 347. The molecular formula is C10H10F5N. The maximum absolute atomic E-state index is 12.3. The van der Waals surface area contributed by atoms with Crippen molar-refractivity contribution in [3.05, 3.63) is 29.8 Å². The van der Waals surface area contributed by atoms with Crippen molar-refractivity contribution in [1.29, 1.82) is 0 Å². The number of halogens is 5. The molecule has 16 heavy (non-hydrogen) atoms. The van der Waals surface area contributed by atoms with Gasteiger partial charge in [0.2, 0.25) is 0 Å². The van der Waals surface area contributed by atoms with Gasteiger partial charge in [0.15, 0.2) is 0 Å². The molecule has 0 saturated carbocycles. The van der Waals surface area contributed by atoms with Crippen LogP contribution in [0.15, 0.2) is 24.3 Å². The van der Waals surface area contributed by atoms with Gasteiger partial charge in [-0.2, -0.15) is 13.2 Å². The van der Waals surface area contributed by atoms with Crippen molar-refractivity contribution in [2.45, 2.75) is 25.6 Å². The van der Waals surface area contributed by atoms with Crippen LogP contribution in [-0.2, 0) is 6.18 Å². The molecular weight excluding hydrogens is 229 g/mol. The van der Waals surface area contributed by atoms with Crippen molar-refractivity contribution in [3.8, 4) is 0 Å². The van der Waals surface area contributed by atoms with Crippen LogP contribution in [0.25, 0.3) is 0 Å². The highest BCUT2D eigenvalue weighted by Crippen LogP contribution is 2.30. The Morgan fingerprint density at radius 2 is 1.81 bits per heavy atom. The minimum atomic E-state index is -4.47. The molecule has 1 unspecified atom stereocenters. The highest BCUT2D eigenvalue weighted by atomic mass is 19.4. The molecule has 1 aromatic carbocycles. The van der Waals surface area contributed by atoms with Gasteiger partial charge in [-0.25, -0.2) is 8.78 Å². The van der Waals surface area contributed by atoms with Gasteiger partial charge in [0, 0.05) is 5.69 Å². The predicted octanol–water partition coefficient (Wildman–Crippen LogP) is 3.77. The Morgan fingerprint density at radius 3 is 2.31 bits per heavy atom. The summed E-state index contributed by atoms with van der Waals surface area (Å²) in [6.07, 6.45) is -7.10. The number of nitrogens with one attached hydrogen (secondary N) is 1. The van der Waals surface area contributed by atoms with E-state index in [1.165, 1.54) is 19.1 Å². The van der Waals surface area contributed by atoms with Crippen LogP contribution in [0.1, 0.15) is 12.5 Å². The van der Waals surface area contributed by atoms with Crippen molar-refractivity contribution in [2.24, 2.45) is 0 Å². The topological polar surface area (TPSA) is 12.0 Å². The van der Waals surface area contributed by atoms with Gasteiger partial charge in [-0.15, -0.1) is 0 Å². The van der Waals surface area contributed by atoms with E-state index < -0.39 is 24.2 Å². The molecule has 1 nitrogen and oxygen atoms in total. The van der Waals surface area contributed by atoms with Gasteiger partial charge in [0.25, 0.3) is 6.43 Å². The molecule has 0 aliphatic carbocycles. The molecule has 0 bridgehead atoms. The summed E-state index contributed by atoms with van der Waals surface area (Å²) in [4.78, 5) is 0. The SMILES string of the molecule is CC(Nc1cccc(C(F)(F)F)c1)C(F)F. The summed E-state index contributed by atoms with van der Waals surface area (Å²) in [6.45, 7) is 1.20. The molecule has 0 fully saturated rings. The van der Waals surface area contributed by atoms with E-state index in [1.54, 1.807) is 0 Å². The summed E-state index contributed by atoms with van der Waals surface area (Å²) >= 11 is 0. The van der Waals surface area contributed by atoms with Gasteiger partial charge in [0.1, 0.15) is 0 Å². The molecule has 1 atom stereocenters. The zero-order valence-electron chi connectivity index (χ0n) is 8.35. The summed E-state index contributed by atoms with van der Waals surface area (Å²) in [5.41, 5.74) is -0.832. The predicted molar refractivity (Wildman–Crippen MR) is 50.5 cm³/mol. The second-order valence-electron chi connectivity index (χ2n) is 3.35. The highest BCUT2D eigenvalue weighted by Gasteiger charge is 2.30. The Morgan fingerprint density at radius 1 is 1.19 bits per heavy atom. The molecule has 0 spiro atoms. The monoisotopic (exact) mass is 239 g/mol. The third kappa shape index (κ3) is 3.36. The van der Waals surface area contributed by atoms with Crippen molar-refractivity contribution >= 4 is 5.69 Å². The van der Waals surface area contributed by atoms with Crippen LogP contribution in [-0.4, -0.2) is 12.5 Å². The van der Waals surface area contributed by atoms with E-state index in [4.69, 9.17) is 0 Å². The summed E-state index contributed by atoms with van der Waals surface area (Å²) in [6, 6.07) is 2.98. The summed E-state index contributed by atoms with van der Waals surface area (Å²) < 4.78 is 61.2. The Balaban J connectivity index is 2.83. The number of anilines is 1. The van der Waals surface area contributed by atoms with Crippen molar-refractivity contribution < 1.29 is 22.0 Å². The van der Waals surface area contributed by atoms with E-state index in [0.29, 0.717) is 0 Å². The zero-order chi connectivity index (χ0) is 12.3. The zero-order valence-corrected chi connectivity index (χ0v) is 8.35. The van der Waals surface area contributed by atoms with Crippen molar-refractivity contribution in [3.63, 3.8) is 0 Å². The largest absolute Gasteiger partial charge is 0.416 e. The van der Waals surface area contributed by atoms with E-state index >= 15 is 0 Å². The molecule has 0 heterocycles. The lowest BCUT2D eigenvalue weighted by Gasteiger charge is -2.15. The maximum atomic E-state index is 12.3. The highest BCUT2D eigenvalue weighted by molar-refractivity contribution is 5.47. The minimum Gasteiger partial charge on any atom is -0.377 e. The summed E-state index contributed by atoms with van der Waals surface area (Å²) in [5.74, 6) is 0. The van der Waals surface area contributed by atoms with Crippen LogP contribution in [0, 0.1) is 0 Å². The van der Waals surface area contributed by atoms with Crippen LogP contribution in [0.5, 0.6) is 0 Å². The minimum absolute atomic E-state index is 0.0302. The van der Waals surface area contributed by atoms with Gasteiger partial charge >= 0.3 is 6.18 Å². The van der Waals surface area contributed by atoms with Crippen molar-refractivity contribution in [1.82, 2.24) is 0 Å². The average Bonchev–Trinajstić information content (AvgIpc) is 2.16. The fourth-order valence-corrected chi connectivity index (χ4v) is 1.11. The lowest BCUT2D eigenvalue weighted by molar-refractivity contribution is -0.137. The molecule has 90 valence electrons. The molecule has 0 aliphatic heterocycles. The number of alkyl halides is 5. The van der Waals surface area contributed by atoms with Crippen LogP contribution in [0.4, 0.5) is 27.6 Å². The van der Waals surface area contributed by atoms with E-state index in [2.05, 4.69) is 5.32 Å². The number of benzene rings is 1. The lowest BCUT2D eigenvalue weighted by atomic mass is 10.2. The molecule has 1 aromatic rings. The van der Waals surface area contributed by atoms with Gasteiger partial charge in [-0.3, -0.25) is 0 Å². The van der Waals surface area contributed by atoms with E-state index in [9.17, 15) is 22.0 Å². The molecule has 1 rings (SSSR count). The first kappa shape index (κ1) is 12.7. The molecule has 0 radical (unpaired) electrons. The molecule has 0 aromatic heterocycles. The quantitative estimate of drug-likeness (QED) is 0.791. The summed E-state index contributed by atoms with van der Waals surface area (Å²) in [7, 11) is 0. The van der Waals surface area contributed by atoms with Crippen LogP contribution >= 0.6 is 0 Å². The van der Waals surface area contributed by atoms with E-state index in [1.807, 2.05) is 0 Å². The molecule has 6 heteroatoms. The number of hydrogen-bond acceptors (Lipinski definition) is 1. The van der Waals surface area contributed by atoms with Gasteiger partial charge in [0.05, 0.1) is 11.6 Å². The standard InChI is InChI=1S/C10H10F5N/c1-6(9(11)12)16-8-4-2-3-7(5-8)10(13,14)15/h2-6,9,16H,1H3. The third-order valence-electron chi connectivity index (χ3n) is 1.96. The average molecular weight is 239 g/mol. The first-order valence-corrected chi connectivity index (χ1v) is 4.52. The third-order valence-corrected chi connectivity index (χ3v) is 1.96. The van der Waals surface area contributed by atoms with Crippen molar-refractivity contribution in [2.75, 3.05) is 5.32 Å². The van der Waals surface area contributed by atoms with Gasteiger partial charge in [-0.1, -0.05) is 6.07 Å². The van der Waals surface area contributed by atoms with Crippen LogP contribution < -0.4 is 5.32 Å². The Labute approximate surface area is 89.3 Å².